The first-order valence-electron chi connectivity index (χ1n) is 5.86. The lowest BCUT2D eigenvalue weighted by atomic mass is 10.1. The fourth-order valence-corrected chi connectivity index (χ4v) is 4.18. The minimum atomic E-state index is -3.02. The highest BCUT2D eigenvalue weighted by molar-refractivity contribution is 7.91. The minimum Gasteiger partial charge on any atom is -0.390 e. The largest absolute Gasteiger partial charge is 0.390 e. The number of aliphatic hydroxyl groups is 1. The third-order valence-corrected chi connectivity index (χ3v) is 5.03. The van der Waals surface area contributed by atoms with E-state index in [1.54, 1.807) is 0 Å². The summed E-state index contributed by atoms with van der Waals surface area (Å²) in [5, 5.41) is 12.7. The second kappa shape index (κ2) is 4.85. The van der Waals surface area contributed by atoms with Crippen molar-refractivity contribution in [1.82, 2.24) is 5.32 Å². The Morgan fingerprint density at radius 2 is 2.25 bits per heavy atom. The first-order valence-corrected chi connectivity index (χ1v) is 7.69. The summed E-state index contributed by atoms with van der Waals surface area (Å²) in [6.07, 6.45) is 6.11. The van der Waals surface area contributed by atoms with E-state index < -0.39 is 15.9 Å². The highest BCUT2D eigenvalue weighted by Crippen LogP contribution is 2.20. The summed E-state index contributed by atoms with van der Waals surface area (Å²) >= 11 is 0. The molecule has 92 valence electrons. The van der Waals surface area contributed by atoms with Gasteiger partial charge in [-0.05, 0) is 32.2 Å². The molecule has 1 aliphatic carbocycles. The van der Waals surface area contributed by atoms with Gasteiger partial charge in [-0.25, -0.2) is 8.42 Å². The Morgan fingerprint density at radius 3 is 2.81 bits per heavy atom. The van der Waals surface area contributed by atoms with Crippen LogP contribution in [0.5, 0.6) is 0 Å². The lowest BCUT2D eigenvalue weighted by Gasteiger charge is -2.14. The van der Waals surface area contributed by atoms with Crippen LogP contribution in [0.25, 0.3) is 0 Å². The van der Waals surface area contributed by atoms with Gasteiger partial charge in [-0.3, -0.25) is 0 Å². The van der Waals surface area contributed by atoms with Gasteiger partial charge < -0.3 is 10.4 Å². The SMILES string of the molecule is O=S1(=O)CC(O)C(NCCC2=CCCC2)C1. The van der Waals surface area contributed by atoms with Crippen LogP contribution in [0.1, 0.15) is 25.7 Å². The van der Waals surface area contributed by atoms with Crippen molar-refractivity contribution in [2.75, 3.05) is 18.1 Å². The van der Waals surface area contributed by atoms with Crippen molar-refractivity contribution in [3.05, 3.63) is 11.6 Å². The fraction of sp³-hybridized carbons (Fsp3) is 0.818. The second-order valence-electron chi connectivity index (χ2n) is 4.71. The number of nitrogens with one attached hydrogen (secondary N) is 1. The lowest BCUT2D eigenvalue weighted by Crippen LogP contribution is -2.39. The van der Waals surface area contributed by atoms with Gasteiger partial charge in [-0.1, -0.05) is 11.6 Å². The van der Waals surface area contributed by atoms with Crippen molar-refractivity contribution in [2.24, 2.45) is 0 Å². The molecular weight excluding hydrogens is 226 g/mol. The van der Waals surface area contributed by atoms with E-state index in [0.29, 0.717) is 0 Å². The number of aliphatic hydroxyl groups excluding tert-OH is 1. The average molecular weight is 245 g/mol. The molecule has 0 saturated carbocycles. The Labute approximate surface area is 96.7 Å². The molecule has 1 aliphatic heterocycles. The highest BCUT2D eigenvalue weighted by Gasteiger charge is 2.35. The van der Waals surface area contributed by atoms with E-state index in [1.807, 2.05) is 0 Å². The first-order chi connectivity index (χ1) is 7.57. The summed E-state index contributed by atoms with van der Waals surface area (Å²) in [5.41, 5.74) is 1.46. The smallest absolute Gasteiger partial charge is 0.154 e. The van der Waals surface area contributed by atoms with E-state index >= 15 is 0 Å². The summed E-state index contributed by atoms with van der Waals surface area (Å²) in [5.74, 6) is -0.0133. The second-order valence-corrected chi connectivity index (χ2v) is 6.86. The van der Waals surface area contributed by atoms with Gasteiger partial charge >= 0.3 is 0 Å². The van der Waals surface area contributed by atoms with Gasteiger partial charge in [0.1, 0.15) is 0 Å². The van der Waals surface area contributed by atoms with Crippen LogP contribution in [-0.2, 0) is 9.84 Å². The molecule has 0 aromatic rings. The molecule has 1 heterocycles. The van der Waals surface area contributed by atoms with Gasteiger partial charge in [-0.15, -0.1) is 0 Å². The molecule has 0 amide bonds. The molecule has 0 bridgehead atoms. The van der Waals surface area contributed by atoms with Crippen molar-refractivity contribution >= 4 is 9.84 Å². The predicted octanol–water partition coefficient (Wildman–Crippen LogP) is 0.234. The van der Waals surface area contributed by atoms with Crippen LogP contribution >= 0.6 is 0 Å². The average Bonchev–Trinajstić information content (AvgIpc) is 2.75. The molecule has 2 N–H and O–H groups in total. The molecule has 2 aliphatic rings. The van der Waals surface area contributed by atoms with Gasteiger partial charge in [0, 0.05) is 6.04 Å². The third kappa shape index (κ3) is 3.06. The summed E-state index contributed by atoms with van der Waals surface area (Å²) in [7, 11) is -3.02. The number of rotatable bonds is 4. The Kier molecular flexibility index (Phi) is 3.66. The number of hydrogen-bond donors (Lipinski definition) is 2. The van der Waals surface area contributed by atoms with Gasteiger partial charge in [0.2, 0.25) is 0 Å². The molecule has 0 aromatic carbocycles. The molecule has 0 aromatic heterocycles. The molecule has 4 nitrogen and oxygen atoms in total. The summed E-state index contributed by atoms with van der Waals surface area (Å²) < 4.78 is 22.5. The fourth-order valence-electron chi connectivity index (χ4n) is 2.41. The van der Waals surface area contributed by atoms with Crippen molar-refractivity contribution in [3.63, 3.8) is 0 Å². The topological polar surface area (TPSA) is 66.4 Å². The van der Waals surface area contributed by atoms with E-state index in [0.717, 1.165) is 13.0 Å². The van der Waals surface area contributed by atoms with E-state index in [-0.39, 0.29) is 17.5 Å². The van der Waals surface area contributed by atoms with E-state index in [1.165, 1.54) is 24.8 Å². The molecule has 16 heavy (non-hydrogen) atoms. The molecule has 2 unspecified atom stereocenters. The maximum Gasteiger partial charge on any atom is 0.154 e. The number of hydrogen-bond acceptors (Lipinski definition) is 4. The number of allylic oxidation sites excluding steroid dienone is 1. The monoisotopic (exact) mass is 245 g/mol. The van der Waals surface area contributed by atoms with Crippen LogP contribution < -0.4 is 5.32 Å². The van der Waals surface area contributed by atoms with E-state index in [2.05, 4.69) is 11.4 Å². The van der Waals surface area contributed by atoms with Crippen LogP contribution in [0.4, 0.5) is 0 Å². The molecular formula is C11H19NO3S. The Morgan fingerprint density at radius 1 is 1.44 bits per heavy atom. The van der Waals surface area contributed by atoms with Crippen molar-refractivity contribution in [1.29, 1.82) is 0 Å². The molecule has 1 fully saturated rings. The van der Waals surface area contributed by atoms with Crippen LogP contribution in [-0.4, -0.2) is 43.7 Å². The van der Waals surface area contributed by atoms with E-state index in [9.17, 15) is 13.5 Å². The zero-order valence-corrected chi connectivity index (χ0v) is 10.2. The van der Waals surface area contributed by atoms with Gasteiger partial charge in [0.05, 0.1) is 17.6 Å². The van der Waals surface area contributed by atoms with Gasteiger partial charge in [-0.2, -0.15) is 0 Å². The lowest BCUT2D eigenvalue weighted by molar-refractivity contribution is 0.166. The number of sulfone groups is 1. The highest BCUT2D eigenvalue weighted by atomic mass is 32.2. The zero-order valence-electron chi connectivity index (χ0n) is 9.35. The predicted molar refractivity (Wildman–Crippen MR) is 63.0 cm³/mol. The molecule has 0 spiro atoms. The Balaban J connectivity index is 1.74. The molecule has 2 rings (SSSR count). The normalized spacial score (nSPS) is 32.9. The third-order valence-electron chi connectivity index (χ3n) is 3.31. The molecule has 5 heteroatoms. The van der Waals surface area contributed by atoms with Gasteiger partial charge in [0.25, 0.3) is 0 Å². The minimum absolute atomic E-state index is 0.0766. The molecule has 0 radical (unpaired) electrons. The maximum absolute atomic E-state index is 11.3. The van der Waals surface area contributed by atoms with Crippen molar-refractivity contribution < 1.29 is 13.5 Å². The summed E-state index contributed by atoms with van der Waals surface area (Å²) in [6, 6.07) is -0.271. The van der Waals surface area contributed by atoms with Crippen LogP contribution in [0.15, 0.2) is 11.6 Å². The Bertz CT molecular complexity index is 375. The van der Waals surface area contributed by atoms with Crippen LogP contribution in [0.3, 0.4) is 0 Å². The van der Waals surface area contributed by atoms with Gasteiger partial charge in [0.15, 0.2) is 9.84 Å². The van der Waals surface area contributed by atoms with E-state index in [4.69, 9.17) is 0 Å². The molecule has 2 atom stereocenters. The summed E-state index contributed by atoms with van der Waals surface area (Å²) in [4.78, 5) is 0. The van der Waals surface area contributed by atoms with Crippen LogP contribution in [0, 0.1) is 0 Å². The maximum atomic E-state index is 11.3. The summed E-state index contributed by atoms with van der Waals surface area (Å²) in [6.45, 7) is 0.767. The standard InChI is InChI=1S/C11H19NO3S/c13-11-8-16(14,15)7-10(11)12-6-5-9-3-1-2-4-9/h3,10-13H,1-2,4-8H2. The van der Waals surface area contributed by atoms with Crippen molar-refractivity contribution in [2.45, 2.75) is 37.8 Å². The van der Waals surface area contributed by atoms with Crippen molar-refractivity contribution in [3.8, 4) is 0 Å². The quantitative estimate of drug-likeness (QED) is 0.696. The molecule has 1 saturated heterocycles. The Hall–Kier alpha value is -0.390. The zero-order chi connectivity index (χ0) is 11.6. The first kappa shape index (κ1) is 12.1. The van der Waals surface area contributed by atoms with Crippen LogP contribution in [0.2, 0.25) is 0 Å².